The van der Waals surface area contributed by atoms with E-state index in [4.69, 9.17) is 4.42 Å². The van der Waals surface area contributed by atoms with Crippen molar-refractivity contribution in [3.63, 3.8) is 0 Å². The average Bonchev–Trinajstić information content (AvgIpc) is 3.55. The second-order valence-electron chi connectivity index (χ2n) is 7.86. The molecule has 7 nitrogen and oxygen atoms in total. The number of amides is 1. The first-order chi connectivity index (χ1) is 16.2. The Hall–Kier alpha value is -3.52. The monoisotopic (exact) mass is 459 g/mol. The summed E-state index contributed by atoms with van der Waals surface area (Å²) in [5, 5.41) is 9.15. The number of rotatable bonds is 6. The highest BCUT2D eigenvalue weighted by Crippen LogP contribution is 2.31. The summed E-state index contributed by atoms with van der Waals surface area (Å²) in [6.45, 7) is 5.02. The van der Waals surface area contributed by atoms with Gasteiger partial charge in [-0.15, -0.1) is 10.2 Å². The molecule has 2 aromatic heterocycles. The van der Waals surface area contributed by atoms with Gasteiger partial charge in [0.25, 0.3) is 0 Å². The lowest BCUT2D eigenvalue weighted by molar-refractivity contribution is -0.130. The fraction of sp³-hybridized carbons (Fsp3) is 0.240. The van der Waals surface area contributed by atoms with Crippen LogP contribution in [0.3, 0.4) is 0 Å². The van der Waals surface area contributed by atoms with Gasteiger partial charge in [0.2, 0.25) is 11.7 Å². The second kappa shape index (κ2) is 9.54. The van der Waals surface area contributed by atoms with E-state index in [0.717, 1.165) is 18.8 Å². The molecule has 0 spiro atoms. The summed E-state index contributed by atoms with van der Waals surface area (Å²) >= 11 is 1.42. The Kier molecular flexibility index (Phi) is 6.17. The molecule has 5 rings (SSSR count). The number of benzene rings is 2. The molecule has 0 N–H and O–H groups in total. The lowest BCUT2D eigenvalue weighted by atomic mass is 10.2. The number of hydrogen-bond acceptors (Lipinski definition) is 6. The van der Waals surface area contributed by atoms with E-state index in [1.165, 1.54) is 17.4 Å². The van der Waals surface area contributed by atoms with E-state index in [0.29, 0.717) is 29.8 Å². The minimum absolute atomic E-state index is 0.120. The third-order valence-electron chi connectivity index (χ3n) is 5.73. The third-order valence-corrected chi connectivity index (χ3v) is 6.76. The van der Waals surface area contributed by atoms with Crippen molar-refractivity contribution in [2.45, 2.75) is 17.3 Å². The second-order valence-corrected chi connectivity index (χ2v) is 9.17. The first kappa shape index (κ1) is 21.3. The summed E-state index contributed by atoms with van der Waals surface area (Å²) in [4.78, 5) is 17.5. The van der Waals surface area contributed by atoms with Gasteiger partial charge in [0, 0.05) is 37.6 Å². The molecular formula is C25H25N5O2S. The Balaban J connectivity index is 1.31. The number of anilines is 1. The molecule has 1 fully saturated rings. The van der Waals surface area contributed by atoms with E-state index in [1.54, 1.807) is 6.26 Å². The van der Waals surface area contributed by atoms with Crippen molar-refractivity contribution in [2.24, 2.45) is 0 Å². The van der Waals surface area contributed by atoms with Gasteiger partial charge >= 0.3 is 0 Å². The van der Waals surface area contributed by atoms with Gasteiger partial charge in [-0.2, -0.15) is 0 Å². The third kappa shape index (κ3) is 4.52. The highest BCUT2D eigenvalue weighted by atomic mass is 32.2. The van der Waals surface area contributed by atoms with E-state index in [-0.39, 0.29) is 11.2 Å². The van der Waals surface area contributed by atoms with E-state index in [9.17, 15) is 4.79 Å². The van der Waals surface area contributed by atoms with Crippen molar-refractivity contribution >= 4 is 23.4 Å². The zero-order valence-electron chi connectivity index (χ0n) is 18.4. The molecule has 3 heterocycles. The van der Waals surface area contributed by atoms with Crippen LogP contribution in [0.4, 0.5) is 5.69 Å². The Labute approximate surface area is 197 Å². The Bertz CT molecular complexity index is 1190. The Morgan fingerprint density at radius 3 is 2.18 bits per heavy atom. The van der Waals surface area contributed by atoms with Gasteiger partial charge < -0.3 is 14.2 Å². The van der Waals surface area contributed by atoms with Gasteiger partial charge in [0.1, 0.15) is 0 Å². The largest absolute Gasteiger partial charge is 0.461 e. The van der Waals surface area contributed by atoms with E-state index < -0.39 is 0 Å². The summed E-state index contributed by atoms with van der Waals surface area (Å²) < 4.78 is 7.52. The van der Waals surface area contributed by atoms with E-state index in [2.05, 4.69) is 27.2 Å². The first-order valence-corrected chi connectivity index (χ1v) is 11.9. The van der Waals surface area contributed by atoms with Crippen molar-refractivity contribution in [1.29, 1.82) is 0 Å². The fourth-order valence-corrected chi connectivity index (χ4v) is 4.96. The summed E-state index contributed by atoms with van der Waals surface area (Å²) in [6, 6.07) is 23.9. The SMILES string of the molecule is C[C@H](Sc1nnc(-c2ccco2)n1-c1ccccc1)C(=O)N1CCN(c2ccccc2)CC1. The quantitative estimate of drug-likeness (QED) is 0.399. The predicted octanol–water partition coefficient (Wildman–Crippen LogP) is 4.36. The molecule has 2 aromatic carbocycles. The molecule has 1 atom stereocenters. The van der Waals surface area contributed by atoms with E-state index in [1.807, 2.05) is 77.1 Å². The van der Waals surface area contributed by atoms with Gasteiger partial charge in [0.15, 0.2) is 10.9 Å². The zero-order chi connectivity index (χ0) is 22.6. The van der Waals surface area contributed by atoms with Gasteiger partial charge in [0.05, 0.1) is 11.5 Å². The highest BCUT2D eigenvalue weighted by Gasteiger charge is 2.28. The van der Waals surface area contributed by atoms with Gasteiger partial charge in [-0.3, -0.25) is 9.36 Å². The molecule has 4 aromatic rings. The first-order valence-electron chi connectivity index (χ1n) is 11.0. The Morgan fingerprint density at radius 2 is 1.55 bits per heavy atom. The minimum Gasteiger partial charge on any atom is -0.461 e. The summed E-state index contributed by atoms with van der Waals surface area (Å²) in [7, 11) is 0. The van der Waals surface area contributed by atoms with Crippen molar-refractivity contribution in [3.8, 4) is 17.3 Å². The van der Waals surface area contributed by atoms with Gasteiger partial charge in [-0.1, -0.05) is 48.2 Å². The Morgan fingerprint density at radius 1 is 0.879 bits per heavy atom. The highest BCUT2D eigenvalue weighted by molar-refractivity contribution is 8.00. The van der Waals surface area contributed by atoms with Crippen LogP contribution in [-0.2, 0) is 4.79 Å². The topological polar surface area (TPSA) is 67.4 Å². The zero-order valence-corrected chi connectivity index (χ0v) is 19.2. The molecule has 0 radical (unpaired) electrons. The molecule has 168 valence electrons. The number of nitrogens with zero attached hydrogens (tertiary/aromatic N) is 5. The number of thioether (sulfide) groups is 1. The molecule has 0 bridgehead atoms. The summed E-state index contributed by atoms with van der Waals surface area (Å²) in [6.07, 6.45) is 1.62. The maximum absolute atomic E-state index is 13.2. The average molecular weight is 460 g/mol. The van der Waals surface area contributed by atoms with Gasteiger partial charge in [-0.05, 0) is 43.3 Å². The lowest BCUT2D eigenvalue weighted by Gasteiger charge is -2.37. The molecule has 1 aliphatic rings. The number of carbonyl (C=O) groups excluding carboxylic acids is 1. The standard InChI is InChI=1S/C25H25N5O2S/c1-19(24(31)29-16-14-28(15-17-29)20-9-4-2-5-10-20)33-25-27-26-23(22-13-8-18-32-22)30(25)21-11-6-3-7-12-21/h2-13,18-19H,14-17H2,1H3/t19-/m0/s1. The summed E-state index contributed by atoms with van der Waals surface area (Å²) in [5.41, 5.74) is 2.13. The molecule has 0 saturated carbocycles. The molecule has 1 aliphatic heterocycles. The normalized spacial score (nSPS) is 14.9. The van der Waals surface area contributed by atoms with Crippen LogP contribution in [0.2, 0.25) is 0 Å². The molecule has 33 heavy (non-hydrogen) atoms. The van der Waals surface area contributed by atoms with Crippen molar-refractivity contribution in [3.05, 3.63) is 79.1 Å². The number of carbonyl (C=O) groups is 1. The minimum atomic E-state index is -0.288. The number of aromatic nitrogens is 3. The number of piperazine rings is 1. The van der Waals surface area contributed by atoms with Crippen molar-refractivity contribution in [1.82, 2.24) is 19.7 Å². The van der Waals surface area contributed by atoms with Gasteiger partial charge in [-0.25, -0.2) is 0 Å². The molecular weight excluding hydrogens is 434 g/mol. The lowest BCUT2D eigenvalue weighted by Crippen LogP contribution is -2.50. The molecule has 1 amide bonds. The smallest absolute Gasteiger partial charge is 0.236 e. The molecule has 8 heteroatoms. The number of furan rings is 1. The van der Waals surface area contributed by atoms with Crippen LogP contribution in [0.5, 0.6) is 0 Å². The van der Waals surface area contributed by atoms with E-state index >= 15 is 0 Å². The summed E-state index contributed by atoms with van der Waals surface area (Å²) in [5.74, 6) is 1.37. The van der Waals surface area contributed by atoms with Crippen LogP contribution < -0.4 is 4.90 Å². The fourth-order valence-electron chi connectivity index (χ4n) is 4.01. The molecule has 0 aliphatic carbocycles. The maximum Gasteiger partial charge on any atom is 0.236 e. The number of hydrogen-bond donors (Lipinski definition) is 0. The van der Waals surface area contributed by atoms with Crippen LogP contribution >= 0.6 is 11.8 Å². The van der Waals surface area contributed by atoms with Crippen LogP contribution in [0.25, 0.3) is 17.3 Å². The molecule has 0 unspecified atom stereocenters. The van der Waals surface area contributed by atoms with Crippen LogP contribution in [0.1, 0.15) is 6.92 Å². The molecule has 1 saturated heterocycles. The predicted molar refractivity (Wildman–Crippen MR) is 130 cm³/mol. The van der Waals surface area contributed by atoms with Crippen LogP contribution in [0.15, 0.2) is 88.6 Å². The maximum atomic E-state index is 13.2. The van der Waals surface area contributed by atoms with Crippen LogP contribution in [-0.4, -0.2) is 57.0 Å². The van der Waals surface area contributed by atoms with Crippen molar-refractivity contribution in [2.75, 3.05) is 31.1 Å². The van der Waals surface area contributed by atoms with Crippen molar-refractivity contribution < 1.29 is 9.21 Å². The number of para-hydroxylation sites is 2. The van der Waals surface area contributed by atoms with Crippen LogP contribution in [0, 0.1) is 0 Å².